The highest BCUT2D eigenvalue weighted by Crippen LogP contribution is 2.22. The molecule has 1 aliphatic heterocycles. The maximum Gasteiger partial charge on any atom is 0.243 e. The molecule has 1 saturated heterocycles. The Kier molecular flexibility index (Phi) is 8.27. The predicted octanol–water partition coefficient (Wildman–Crippen LogP) is 1.50. The second kappa shape index (κ2) is 9.47. The van der Waals surface area contributed by atoms with E-state index in [4.69, 9.17) is 5.73 Å². The SMILES string of the molecule is CC1CCN(C(=O)CCNS(=O)(=O)c2ccccc2F)C(CN)C1.Cl. The lowest BCUT2D eigenvalue weighted by atomic mass is 9.92. The van der Waals surface area contributed by atoms with Gasteiger partial charge in [-0.05, 0) is 30.9 Å². The number of carbonyl (C=O) groups is 1. The van der Waals surface area contributed by atoms with E-state index >= 15 is 0 Å². The maximum atomic E-state index is 13.6. The molecule has 3 N–H and O–H groups in total. The molecule has 25 heavy (non-hydrogen) atoms. The van der Waals surface area contributed by atoms with Crippen molar-refractivity contribution in [3.05, 3.63) is 30.1 Å². The molecule has 1 aliphatic rings. The van der Waals surface area contributed by atoms with Crippen LogP contribution in [0.2, 0.25) is 0 Å². The second-order valence-corrected chi connectivity index (χ2v) is 7.92. The minimum absolute atomic E-state index is 0. The van der Waals surface area contributed by atoms with Gasteiger partial charge in [-0.3, -0.25) is 4.79 Å². The molecule has 2 unspecified atom stereocenters. The smallest absolute Gasteiger partial charge is 0.243 e. The van der Waals surface area contributed by atoms with Crippen LogP contribution in [-0.2, 0) is 14.8 Å². The van der Waals surface area contributed by atoms with Crippen molar-refractivity contribution in [2.45, 2.75) is 37.1 Å². The molecule has 0 spiro atoms. The van der Waals surface area contributed by atoms with Crippen molar-refractivity contribution in [2.75, 3.05) is 19.6 Å². The molecular formula is C16H25ClFN3O3S. The van der Waals surface area contributed by atoms with E-state index in [2.05, 4.69) is 11.6 Å². The third kappa shape index (κ3) is 5.64. The van der Waals surface area contributed by atoms with Gasteiger partial charge in [0.1, 0.15) is 10.7 Å². The quantitative estimate of drug-likeness (QED) is 0.766. The predicted molar refractivity (Wildman–Crippen MR) is 96.4 cm³/mol. The monoisotopic (exact) mass is 393 g/mol. The summed E-state index contributed by atoms with van der Waals surface area (Å²) in [6.45, 7) is 3.10. The number of carbonyl (C=O) groups excluding carboxylic acids is 1. The zero-order valence-corrected chi connectivity index (χ0v) is 15.8. The molecule has 6 nitrogen and oxygen atoms in total. The first-order valence-corrected chi connectivity index (χ1v) is 9.57. The van der Waals surface area contributed by atoms with E-state index in [1.54, 1.807) is 4.90 Å². The van der Waals surface area contributed by atoms with Gasteiger partial charge in [0.05, 0.1) is 0 Å². The van der Waals surface area contributed by atoms with Crippen molar-refractivity contribution in [1.29, 1.82) is 0 Å². The van der Waals surface area contributed by atoms with Gasteiger partial charge < -0.3 is 10.6 Å². The van der Waals surface area contributed by atoms with Crippen LogP contribution in [0.1, 0.15) is 26.2 Å². The van der Waals surface area contributed by atoms with Crippen LogP contribution in [0.4, 0.5) is 4.39 Å². The fourth-order valence-electron chi connectivity index (χ4n) is 2.98. The van der Waals surface area contributed by atoms with Gasteiger partial charge in [-0.1, -0.05) is 19.1 Å². The van der Waals surface area contributed by atoms with E-state index in [9.17, 15) is 17.6 Å². The van der Waals surface area contributed by atoms with E-state index in [1.165, 1.54) is 18.2 Å². The van der Waals surface area contributed by atoms with Gasteiger partial charge in [0.25, 0.3) is 0 Å². The Bertz CT molecular complexity index is 687. The van der Waals surface area contributed by atoms with Crippen LogP contribution < -0.4 is 10.5 Å². The third-order valence-electron chi connectivity index (χ3n) is 4.33. The largest absolute Gasteiger partial charge is 0.338 e. The van der Waals surface area contributed by atoms with Crippen molar-refractivity contribution < 1.29 is 17.6 Å². The number of nitrogens with two attached hydrogens (primary N) is 1. The summed E-state index contributed by atoms with van der Waals surface area (Å²) >= 11 is 0. The van der Waals surface area contributed by atoms with Crippen LogP contribution >= 0.6 is 12.4 Å². The Morgan fingerprint density at radius 3 is 2.72 bits per heavy atom. The number of sulfonamides is 1. The van der Waals surface area contributed by atoms with Crippen molar-refractivity contribution in [3.63, 3.8) is 0 Å². The fraction of sp³-hybridized carbons (Fsp3) is 0.562. The van der Waals surface area contributed by atoms with Crippen molar-refractivity contribution >= 4 is 28.3 Å². The molecule has 0 radical (unpaired) electrons. The number of hydrogen-bond acceptors (Lipinski definition) is 4. The lowest BCUT2D eigenvalue weighted by molar-refractivity contribution is -0.135. The van der Waals surface area contributed by atoms with Gasteiger partial charge >= 0.3 is 0 Å². The molecule has 142 valence electrons. The summed E-state index contributed by atoms with van der Waals surface area (Å²) in [6, 6.07) is 5.15. The molecule has 0 bridgehead atoms. The number of piperidine rings is 1. The Hall–Kier alpha value is -1.22. The lowest BCUT2D eigenvalue weighted by Crippen LogP contribution is -2.49. The van der Waals surface area contributed by atoms with Crippen LogP contribution in [-0.4, -0.2) is 44.9 Å². The van der Waals surface area contributed by atoms with Gasteiger partial charge in [-0.25, -0.2) is 17.5 Å². The Morgan fingerprint density at radius 1 is 1.40 bits per heavy atom. The van der Waals surface area contributed by atoms with Gasteiger partial charge in [0, 0.05) is 32.1 Å². The average Bonchev–Trinajstić information content (AvgIpc) is 2.54. The van der Waals surface area contributed by atoms with Crippen LogP contribution in [0, 0.1) is 11.7 Å². The molecular weight excluding hydrogens is 369 g/mol. The topological polar surface area (TPSA) is 92.5 Å². The summed E-state index contributed by atoms with van der Waals surface area (Å²) in [7, 11) is -3.97. The summed E-state index contributed by atoms with van der Waals surface area (Å²) in [5.74, 6) is -0.416. The molecule has 1 aromatic rings. The zero-order valence-electron chi connectivity index (χ0n) is 14.2. The number of likely N-dealkylation sites (tertiary alicyclic amines) is 1. The Labute approximate surface area is 154 Å². The number of benzene rings is 1. The number of nitrogens with one attached hydrogen (secondary N) is 1. The molecule has 0 saturated carbocycles. The Morgan fingerprint density at radius 2 is 2.08 bits per heavy atom. The molecule has 2 atom stereocenters. The standard InChI is InChI=1S/C16H24FN3O3S.ClH/c1-12-7-9-20(13(10-12)11-18)16(21)6-8-19-24(22,23)15-5-3-2-4-14(15)17;/h2-5,12-13,19H,6-11,18H2,1H3;1H. The zero-order chi connectivity index (χ0) is 17.7. The normalized spacial score (nSPS) is 20.8. The van der Waals surface area contributed by atoms with E-state index < -0.39 is 20.7 Å². The highest BCUT2D eigenvalue weighted by Gasteiger charge is 2.28. The number of amides is 1. The fourth-order valence-corrected chi connectivity index (χ4v) is 4.09. The van der Waals surface area contributed by atoms with Crippen LogP contribution in [0.15, 0.2) is 29.2 Å². The first-order chi connectivity index (χ1) is 11.3. The van der Waals surface area contributed by atoms with Crippen molar-refractivity contribution in [3.8, 4) is 0 Å². The number of halogens is 2. The van der Waals surface area contributed by atoms with Gasteiger partial charge in [0.2, 0.25) is 15.9 Å². The minimum Gasteiger partial charge on any atom is -0.338 e. The highest BCUT2D eigenvalue weighted by atomic mass is 35.5. The van der Waals surface area contributed by atoms with Crippen molar-refractivity contribution in [2.24, 2.45) is 11.7 Å². The van der Waals surface area contributed by atoms with Crippen molar-refractivity contribution in [1.82, 2.24) is 9.62 Å². The second-order valence-electron chi connectivity index (χ2n) is 6.18. The number of hydrogen-bond donors (Lipinski definition) is 2. The highest BCUT2D eigenvalue weighted by molar-refractivity contribution is 7.89. The molecule has 1 heterocycles. The van der Waals surface area contributed by atoms with E-state index in [1.807, 2.05) is 0 Å². The molecule has 2 rings (SSSR count). The molecule has 1 aromatic carbocycles. The molecule has 0 aromatic heterocycles. The van der Waals surface area contributed by atoms with E-state index in [0.717, 1.165) is 18.9 Å². The molecule has 1 fully saturated rings. The summed E-state index contributed by atoms with van der Waals surface area (Å²) in [4.78, 5) is 13.6. The van der Waals surface area contributed by atoms with E-state index in [-0.39, 0.29) is 37.3 Å². The van der Waals surface area contributed by atoms with E-state index in [0.29, 0.717) is 19.0 Å². The number of nitrogens with zero attached hydrogens (tertiary/aromatic N) is 1. The first kappa shape index (κ1) is 21.8. The number of rotatable bonds is 6. The Balaban J connectivity index is 0.00000312. The first-order valence-electron chi connectivity index (χ1n) is 8.09. The molecule has 1 amide bonds. The summed E-state index contributed by atoms with van der Waals surface area (Å²) < 4.78 is 40.0. The summed E-state index contributed by atoms with van der Waals surface area (Å²) in [6.07, 6.45) is 1.81. The molecule has 0 aliphatic carbocycles. The third-order valence-corrected chi connectivity index (χ3v) is 5.82. The molecule has 9 heteroatoms. The maximum absolute atomic E-state index is 13.6. The van der Waals surface area contributed by atoms with Gasteiger partial charge in [-0.15, -0.1) is 12.4 Å². The summed E-state index contributed by atoms with van der Waals surface area (Å²) in [5, 5.41) is 0. The van der Waals surface area contributed by atoms with Gasteiger partial charge in [-0.2, -0.15) is 0 Å². The van der Waals surface area contributed by atoms with Crippen LogP contribution in [0.5, 0.6) is 0 Å². The summed E-state index contributed by atoms with van der Waals surface area (Å²) in [5.41, 5.74) is 5.74. The lowest BCUT2D eigenvalue weighted by Gasteiger charge is -2.38. The average molecular weight is 394 g/mol. The minimum atomic E-state index is -3.97. The van der Waals surface area contributed by atoms with Crippen LogP contribution in [0.25, 0.3) is 0 Å². The van der Waals surface area contributed by atoms with Crippen LogP contribution in [0.3, 0.4) is 0 Å². The van der Waals surface area contributed by atoms with Gasteiger partial charge in [0.15, 0.2) is 0 Å².